The minimum atomic E-state index is -5.10. The summed E-state index contributed by atoms with van der Waals surface area (Å²) in [6.45, 7) is 15.6. The van der Waals surface area contributed by atoms with E-state index in [1.165, 1.54) is 10.7 Å². The van der Waals surface area contributed by atoms with Crippen molar-refractivity contribution in [3.8, 4) is 11.5 Å². The zero-order chi connectivity index (χ0) is 44.5. The molecule has 1 amide bonds. The van der Waals surface area contributed by atoms with Crippen molar-refractivity contribution in [2.24, 2.45) is 28.6 Å². The van der Waals surface area contributed by atoms with Crippen LogP contribution in [0.2, 0.25) is 0 Å². The number of carbonyl (C=O) groups excluding carboxylic acids is 2. The number of hydrogen-bond donors (Lipinski definition) is 1. The molecule has 1 saturated heterocycles. The summed E-state index contributed by atoms with van der Waals surface area (Å²) in [5.74, 6) is 0.147. The van der Waals surface area contributed by atoms with Crippen LogP contribution >= 0.6 is 0 Å². The number of aryl methyl sites for hydroxylation is 1. The molecule has 2 bridgehead atoms. The lowest BCUT2D eigenvalue weighted by Crippen LogP contribution is -2.61. The molecule has 14 heteroatoms. The average molecular weight is 869 g/mol. The van der Waals surface area contributed by atoms with Crippen LogP contribution in [0.15, 0.2) is 72.8 Å². The van der Waals surface area contributed by atoms with Gasteiger partial charge >= 0.3 is 12.1 Å². The van der Waals surface area contributed by atoms with Gasteiger partial charge in [0.15, 0.2) is 0 Å². The van der Waals surface area contributed by atoms with E-state index in [1.54, 1.807) is 11.9 Å². The highest BCUT2D eigenvalue weighted by Gasteiger charge is 2.57. The molecular formula is C47H63F3N4O6S. The number of halogens is 3. The Hall–Kier alpha value is -3.98. The van der Waals surface area contributed by atoms with Crippen LogP contribution in [-0.4, -0.2) is 84.8 Å². The summed E-state index contributed by atoms with van der Waals surface area (Å²) < 4.78 is 78.6. The van der Waals surface area contributed by atoms with Crippen molar-refractivity contribution in [3.63, 3.8) is 0 Å². The lowest BCUT2D eigenvalue weighted by atomic mass is 9.45. The number of esters is 1. The van der Waals surface area contributed by atoms with Crippen LogP contribution in [0.1, 0.15) is 89.5 Å². The van der Waals surface area contributed by atoms with Gasteiger partial charge in [-0.1, -0.05) is 102 Å². The van der Waals surface area contributed by atoms with Gasteiger partial charge in [-0.25, -0.2) is 13.2 Å². The van der Waals surface area contributed by atoms with E-state index in [2.05, 4.69) is 56.5 Å². The highest BCUT2D eigenvalue weighted by atomic mass is 32.2. The molecular weight excluding hydrogens is 806 g/mol. The van der Waals surface area contributed by atoms with Crippen molar-refractivity contribution in [2.75, 3.05) is 26.1 Å². The molecule has 3 aromatic carbocycles. The summed E-state index contributed by atoms with van der Waals surface area (Å²) in [5.41, 5.74) is 3.65. The molecule has 334 valence electrons. The Labute approximate surface area is 360 Å². The number of hydrogen-bond acceptors (Lipinski definition) is 8. The van der Waals surface area contributed by atoms with Crippen molar-refractivity contribution in [3.05, 3.63) is 95.1 Å². The number of alkyl halides is 3. The van der Waals surface area contributed by atoms with Gasteiger partial charge in [0.25, 0.3) is 0 Å². The fraction of sp³-hybridized carbons (Fsp3) is 0.574. The summed E-state index contributed by atoms with van der Waals surface area (Å²) in [6, 6.07) is 22.1. The van der Waals surface area contributed by atoms with Crippen LogP contribution in [0, 0.1) is 35.5 Å². The number of likely N-dealkylation sites (N-methyl/N-ethyl adjacent to an activating group) is 1. The number of para-hydroxylation sites is 1. The van der Waals surface area contributed by atoms with Crippen LogP contribution in [0.4, 0.5) is 13.2 Å². The predicted octanol–water partition coefficient (Wildman–Crippen LogP) is 8.68. The van der Waals surface area contributed by atoms with Crippen LogP contribution < -0.4 is 10.1 Å². The smallest absolute Gasteiger partial charge is 0.457 e. The minimum Gasteiger partial charge on any atom is -0.457 e. The third kappa shape index (κ3) is 11.5. The van der Waals surface area contributed by atoms with Crippen molar-refractivity contribution < 1.29 is 40.7 Å². The molecule has 4 aliphatic rings. The summed E-state index contributed by atoms with van der Waals surface area (Å²) in [4.78, 5) is 29.3. The van der Waals surface area contributed by atoms with Gasteiger partial charge in [0.05, 0.1) is 5.75 Å². The third-order valence-corrected chi connectivity index (χ3v) is 15.0. The minimum absolute atomic E-state index is 0.0212. The Morgan fingerprint density at radius 2 is 1.66 bits per heavy atom. The quantitative estimate of drug-likeness (QED) is 0.113. The standard InChI is InChI=1S/C47H63F3N4O6S/c1-31-16-18-38(19-17-31)60-42-15-10-9-14-35(42)28-53(37(25-45(3,4)5)29-52(8)30-59-44(56)47(48,49)50)26-33-12-11-13-34(22-33)27-54-41(20-21-61(54,57)58)43(55)51-40-24-36-23-39(32(40)2)46(36,6)7/h9-19,22,32,36-37,39-41H,20-21,23-30H2,1-8H3,(H,51,55). The van der Waals surface area contributed by atoms with E-state index < -0.39 is 34.9 Å². The van der Waals surface area contributed by atoms with Gasteiger partial charge in [0, 0.05) is 43.8 Å². The zero-order valence-corrected chi connectivity index (χ0v) is 37.6. The first kappa shape index (κ1) is 46.5. The Morgan fingerprint density at radius 3 is 2.31 bits per heavy atom. The van der Waals surface area contributed by atoms with E-state index in [9.17, 15) is 31.2 Å². The predicted molar refractivity (Wildman–Crippen MR) is 230 cm³/mol. The van der Waals surface area contributed by atoms with Crippen molar-refractivity contribution in [1.29, 1.82) is 0 Å². The highest BCUT2D eigenvalue weighted by Crippen LogP contribution is 2.61. The van der Waals surface area contributed by atoms with Crippen LogP contribution in [0.5, 0.6) is 11.5 Å². The molecule has 3 saturated carbocycles. The second-order valence-electron chi connectivity index (χ2n) is 19.5. The number of rotatable bonds is 16. The van der Waals surface area contributed by atoms with Gasteiger partial charge in [-0.2, -0.15) is 17.5 Å². The molecule has 0 spiro atoms. The largest absolute Gasteiger partial charge is 0.490 e. The molecule has 6 unspecified atom stereocenters. The summed E-state index contributed by atoms with van der Waals surface area (Å²) in [7, 11) is -2.08. The van der Waals surface area contributed by atoms with E-state index in [0.29, 0.717) is 48.8 Å². The maximum Gasteiger partial charge on any atom is 0.490 e. The highest BCUT2D eigenvalue weighted by molar-refractivity contribution is 7.89. The fourth-order valence-electron chi connectivity index (χ4n) is 9.73. The molecule has 6 atom stereocenters. The van der Waals surface area contributed by atoms with E-state index in [4.69, 9.17) is 4.74 Å². The number of nitrogens with one attached hydrogen (secondary N) is 1. The molecule has 0 radical (unpaired) electrons. The van der Waals surface area contributed by atoms with Crippen molar-refractivity contribution in [1.82, 2.24) is 19.4 Å². The first-order valence-corrected chi connectivity index (χ1v) is 23.0. The van der Waals surface area contributed by atoms with Gasteiger partial charge in [-0.15, -0.1) is 0 Å². The molecule has 1 aliphatic heterocycles. The first-order valence-electron chi connectivity index (χ1n) is 21.4. The normalized spacial score (nSPS) is 24.0. The first-order chi connectivity index (χ1) is 28.5. The second-order valence-corrected chi connectivity index (χ2v) is 21.5. The number of fused-ring (bicyclic) bond motifs is 2. The maximum atomic E-state index is 13.9. The number of benzene rings is 3. The lowest BCUT2D eigenvalue weighted by molar-refractivity contribution is -0.203. The van der Waals surface area contributed by atoms with Crippen molar-refractivity contribution in [2.45, 2.75) is 118 Å². The zero-order valence-electron chi connectivity index (χ0n) is 36.8. The van der Waals surface area contributed by atoms with Crippen LogP contribution in [0.3, 0.4) is 0 Å². The number of amides is 1. The molecule has 0 aromatic heterocycles. The fourth-order valence-corrected chi connectivity index (χ4v) is 11.4. The average Bonchev–Trinajstić information content (AvgIpc) is 3.47. The molecule has 3 aliphatic carbocycles. The molecule has 61 heavy (non-hydrogen) atoms. The Balaban J connectivity index is 1.25. The summed E-state index contributed by atoms with van der Waals surface area (Å²) in [6.07, 6.45) is -2.16. The Bertz CT molecular complexity index is 2120. The SMILES string of the molecule is Cc1ccc(Oc2ccccc2CN(Cc2cccc(CN3C(C(=O)NC4CC5CC(C4C)C5(C)C)CCS3(=O)=O)c2)C(CN(C)COC(=O)C(F)(F)F)CC(C)(C)C)cc1. The van der Waals surface area contributed by atoms with Gasteiger partial charge in [-0.3, -0.25) is 14.6 Å². The number of sulfonamides is 1. The van der Waals surface area contributed by atoms with E-state index in [-0.39, 0.29) is 54.1 Å². The number of nitrogens with zero attached hydrogens (tertiary/aromatic N) is 3. The molecule has 1 heterocycles. The number of carbonyl (C=O) groups is 2. The van der Waals surface area contributed by atoms with Gasteiger partial charge < -0.3 is 14.8 Å². The van der Waals surface area contributed by atoms with Gasteiger partial charge in [0.2, 0.25) is 15.9 Å². The molecule has 10 nitrogen and oxygen atoms in total. The summed E-state index contributed by atoms with van der Waals surface area (Å²) >= 11 is 0. The molecule has 1 N–H and O–H groups in total. The third-order valence-electron chi connectivity index (χ3n) is 13.2. The molecule has 7 rings (SSSR count). The van der Waals surface area contributed by atoms with E-state index in [1.807, 2.05) is 79.7 Å². The Morgan fingerprint density at radius 1 is 0.967 bits per heavy atom. The second kappa shape index (κ2) is 18.4. The van der Waals surface area contributed by atoms with Crippen molar-refractivity contribution >= 4 is 21.9 Å². The molecule has 4 fully saturated rings. The van der Waals surface area contributed by atoms with E-state index >= 15 is 0 Å². The van der Waals surface area contributed by atoms with Crippen LogP contribution in [0.25, 0.3) is 0 Å². The lowest BCUT2D eigenvalue weighted by Gasteiger charge is -2.62. The number of ether oxygens (including phenoxy) is 2. The van der Waals surface area contributed by atoms with Crippen LogP contribution in [-0.2, 0) is 44.0 Å². The van der Waals surface area contributed by atoms with Gasteiger partial charge in [0.1, 0.15) is 24.3 Å². The maximum absolute atomic E-state index is 13.9. The monoisotopic (exact) mass is 868 g/mol. The van der Waals surface area contributed by atoms with E-state index in [0.717, 1.165) is 28.7 Å². The summed E-state index contributed by atoms with van der Waals surface area (Å²) in [5, 5.41) is 3.27. The molecule has 3 aromatic rings. The topological polar surface area (TPSA) is 108 Å². The van der Waals surface area contributed by atoms with Gasteiger partial charge in [-0.05, 0) is 97.6 Å². The Kier molecular flexibility index (Phi) is 14.0.